The third kappa shape index (κ3) is 4.41. The molecule has 1 saturated heterocycles. The second kappa shape index (κ2) is 8.44. The van der Waals surface area contributed by atoms with E-state index >= 15 is 0 Å². The summed E-state index contributed by atoms with van der Waals surface area (Å²) in [5.74, 6) is 0.356. The summed E-state index contributed by atoms with van der Waals surface area (Å²) in [6, 6.07) is 2.83. The van der Waals surface area contributed by atoms with Gasteiger partial charge in [0.05, 0.1) is 20.7 Å². The molecule has 8 heteroatoms. The minimum absolute atomic E-state index is 0.113. The minimum Gasteiger partial charge on any atom is -0.369 e. The van der Waals surface area contributed by atoms with Gasteiger partial charge in [-0.25, -0.2) is 0 Å². The van der Waals surface area contributed by atoms with Crippen LogP contribution >= 0.6 is 23.2 Å². The number of halogens is 2. The van der Waals surface area contributed by atoms with Crippen LogP contribution in [0.2, 0.25) is 10.0 Å². The number of nitro groups is 1. The van der Waals surface area contributed by atoms with Gasteiger partial charge in [-0.1, -0.05) is 42.5 Å². The Morgan fingerprint density at radius 1 is 1.08 bits per heavy atom. The molecule has 0 atom stereocenters. The number of piperidine rings is 1. The van der Waals surface area contributed by atoms with Crippen LogP contribution in [0.4, 0.5) is 11.4 Å². The number of benzene rings is 1. The molecule has 1 amide bonds. The van der Waals surface area contributed by atoms with Crippen molar-refractivity contribution >= 4 is 40.5 Å². The first-order chi connectivity index (χ1) is 12.5. The average molecular weight is 400 g/mol. The van der Waals surface area contributed by atoms with Gasteiger partial charge in [0, 0.05) is 37.2 Å². The Labute approximate surface area is 163 Å². The predicted octanol–water partition coefficient (Wildman–Crippen LogP) is 4.57. The second-order valence-electron chi connectivity index (χ2n) is 7.12. The highest BCUT2D eigenvalue weighted by molar-refractivity contribution is 6.39. The first kappa shape index (κ1) is 19.2. The fourth-order valence-electron chi connectivity index (χ4n) is 3.89. The molecule has 26 heavy (non-hydrogen) atoms. The van der Waals surface area contributed by atoms with E-state index in [2.05, 4.69) is 5.32 Å². The summed E-state index contributed by atoms with van der Waals surface area (Å²) >= 11 is 12.5. The molecule has 0 radical (unpaired) electrons. The molecule has 1 aromatic rings. The Morgan fingerprint density at radius 2 is 1.65 bits per heavy atom. The van der Waals surface area contributed by atoms with Gasteiger partial charge in [-0.2, -0.15) is 0 Å². The highest BCUT2D eigenvalue weighted by Gasteiger charge is 2.27. The largest absolute Gasteiger partial charge is 0.369 e. The van der Waals surface area contributed by atoms with Gasteiger partial charge in [0.1, 0.15) is 0 Å². The van der Waals surface area contributed by atoms with Crippen molar-refractivity contribution in [3.05, 3.63) is 32.3 Å². The number of amides is 1. The van der Waals surface area contributed by atoms with Crippen LogP contribution in [-0.2, 0) is 4.79 Å². The maximum Gasteiger partial charge on any atom is 0.272 e. The van der Waals surface area contributed by atoms with Gasteiger partial charge in [0.2, 0.25) is 5.91 Å². The SMILES string of the molecule is O=C(NC1CCN(c2c(Cl)cc([N+](=O)[O-])cc2Cl)CC1)C1CCCCC1. The first-order valence-corrected chi connectivity index (χ1v) is 9.90. The van der Waals surface area contributed by atoms with E-state index in [-0.39, 0.29) is 33.6 Å². The molecule has 1 N–H and O–H groups in total. The van der Waals surface area contributed by atoms with E-state index in [1.807, 2.05) is 4.90 Å². The molecular formula is C18H23Cl2N3O3. The summed E-state index contributed by atoms with van der Waals surface area (Å²) in [6.07, 6.45) is 7.14. The van der Waals surface area contributed by atoms with Crippen molar-refractivity contribution < 1.29 is 9.72 Å². The molecule has 0 unspecified atom stereocenters. The van der Waals surface area contributed by atoms with Crippen molar-refractivity contribution in [1.29, 1.82) is 0 Å². The van der Waals surface area contributed by atoms with Gasteiger partial charge in [-0.15, -0.1) is 0 Å². The Balaban J connectivity index is 1.58. The highest BCUT2D eigenvalue weighted by atomic mass is 35.5. The Kier molecular flexibility index (Phi) is 6.24. The van der Waals surface area contributed by atoms with Crippen LogP contribution in [0.15, 0.2) is 12.1 Å². The van der Waals surface area contributed by atoms with E-state index in [4.69, 9.17) is 23.2 Å². The van der Waals surface area contributed by atoms with E-state index < -0.39 is 4.92 Å². The maximum absolute atomic E-state index is 12.4. The van der Waals surface area contributed by atoms with E-state index in [9.17, 15) is 14.9 Å². The molecule has 1 aliphatic heterocycles. The van der Waals surface area contributed by atoms with Gasteiger partial charge in [0.15, 0.2) is 0 Å². The first-order valence-electron chi connectivity index (χ1n) is 9.14. The molecule has 1 aromatic carbocycles. The summed E-state index contributed by atoms with van der Waals surface area (Å²) in [5.41, 5.74) is 0.523. The van der Waals surface area contributed by atoms with Gasteiger partial charge < -0.3 is 10.2 Å². The third-order valence-electron chi connectivity index (χ3n) is 5.35. The number of nitro benzene ring substituents is 1. The Morgan fingerprint density at radius 3 is 2.19 bits per heavy atom. The summed E-state index contributed by atoms with van der Waals surface area (Å²) in [4.78, 5) is 24.8. The minimum atomic E-state index is -0.505. The van der Waals surface area contributed by atoms with Crippen molar-refractivity contribution in [1.82, 2.24) is 5.32 Å². The average Bonchev–Trinajstić information content (AvgIpc) is 2.63. The number of rotatable bonds is 4. The van der Waals surface area contributed by atoms with E-state index in [0.29, 0.717) is 18.8 Å². The van der Waals surface area contributed by atoms with Gasteiger partial charge >= 0.3 is 0 Å². The molecule has 1 heterocycles. The molecule has 2 aliphatic rings. The van der Waals surface area contributed by atoms with Crippen molar-refractivity contribution in [2.45, 2.75) is 51.0 Å². The molecule has 1 saturated carbocycles. The molecule has 1 aliphatic carbocycles. The lowest BCUT2D eigenvalue weighted by molar-refractivity contribution is -0.384. The summed E-state index contributed by atoms with van der Waals surface area (Å²) in [6.45, 7) is 1.40. The number of hydrogen-bond acceptors (Lipinski definition) is 4. The summed E-state index contributed by atoms with van der Waals surface area (Å²) < 4.78 is 0. The number of hydrogen-bond donors (Lipinski definition) is 1. The zero-order chi connectivity index (χ0) is 18.7. The van der Waals surface area contributed by atoms with E-state index in [0.717, 1.165) is 38.5 Å². The van der Waals surface area contributed by atoms with E-state index in [1.165, 1.54) is 18.6 Å². The molecule has 3 rings (SSSR count). The van der Waals surface area contributed by atoms with Gasteiger partial charge in [-0.3, -0.25) is 14.9 Å². The van der Waals surface area contributed by atoms with Crippen LogP contribution in [0, 0.1) is 16.0 Å². The van der Waals surface area contributed by atoms with Crippen LogP contribution in [0.1, 0.15) is 44.9 Å². The molecule has 0 bridgehead atoms. The van der Waals surface area contributed by atoms with Gasteiger partial charge in [-0.05, 0) is 25.7 Å². The smallest absolute Gasteiger partial charge is 0.272 e. The van der Waals surface area contributed by atoms with Crippen molar-refractivity contribution in [3.63, 3.8) is 0 Å². The number of nitrogens with one attached hydrogen (secondary N) is 1. The van der Waals surface area contributed by atoms with Crippen LogP contribution in [0.25, 0.3) is 0 Å². The van der Waals surface area contributed by atoms with E-state index in [1.54, 1.807) is 0 Å². The van der Waals surface area contributed by atoms with Gasteiger partial charge in [0.25, 0.3) is 5.69 Å². The molecule has 142 valence electrons. The molecule has 6 nitrogen and oxygen atoms in total. The lowest BCUT2D eigenvalue weighted by Crippen LogP contribution is -2.46. The van der Waals surface area contributed by atoms with Crippen LogP contribution in [0.5, 0.6) is 0 Å². The van der Waals surface area contributed by atoms with Crippen LogP contribution < -0.4 is 10.2 Å². The quantitative estimate of drug-likeness (QED) is 0.594. The highest BCUT2D eigenvalue weighted by Crippen LogP contribution is 2.38. The predicted molar refractivity (Wildman–Crippen MR) is 103 cm³/mol. The zero-order valence-electron chi connectivity index (χ0n) is 14.5. The zero-order valence-corrected chi connectivity index (χ0v) is 16.1. The van der Waals surface area contributed by atoms with Crippen molar-refractivity contribution in [2.75, 3.05) is 18.0 Å². The number of carbonyl (C=O) groups is 1. The standard InChI is InChI=1S/C18H23Cl2N3O3/c19-15-10-14(23(25)26)11-16(20)17(15)22-8-6-13(7-9-22)21-18(24)12-4-2-1-3-5-12/h10-13H,1-9H2,(H,21,24). The fraction of sp³-hybridized carbons (Fsp3) is 0.611. The third-order valence-corrected chi connectivity index (χ3v) is 5.92. The Bertz CT molecular complexity index is 661. The number of non-ortho nitro benzene ring substituents is 1. The monoisotopic (exact) mass is 399 g/mol. The maximum atomic E-state index is 12.4. The van der Waals surface area contributed by atoms with Crippen LogP contribution in [0.3, 0.4) is 0 Å². The number of carbonyl (C=O) groups excluding carboxylic acids is 1. The fourth-order valence-corrected chi connectivity index (χ4v) is 4.61. The van der Waals surface area contributed by atoms with Crippen LogP contribution in [-0.4, -0.2) is 30.0 Å². The number of anilines is 1. The van der Waals surface area contributed by atoms with Crippen molar-refractivity contribution in [2.24, 2.45) is 5.92 Å². The normalized spacial score (nSPS) is 19.4. The lowest BCUT2D eigenvalue weighted by Gasteiger charge is -2.35. The molecule has 2 fully saturated rings. The molecule has 0 spiro atoms. The summed E-state index contributed by atoms with van der Waals surface area (Å²) in [7, 11) is 0. The van der Waals surface area contributed by atoms with Crippen molar-refractivity contribution in [3.8, 4) is 0 Å². The Hall–Kier alpha value is -1.53. The number of nitrogens with zero attached hydrogens (tertiary/aromatic N) is 2. The topological polar surface area (TPSA) is 75.5 Å². The second-order valence-corrected chi connectivity index (χ2v) is 7.93. The molecule has 0 aromatic heterocycles. The molecular weight excluding hydrogens is 377 g/mol. The summed E-state index contributed by atoms with van der Waals surface area (Å²) in [5, 5.41) is 14.7. The lowest BCUT2D eigenvalue weighted by atomic mass is 9.88.